The molecular weight excluding hydrogens is 295 g/mol. The van der Waals surface area contributed by atoms with E-state index < -0.39 is 23.3 Å². The van der Waals surface area contributed by atoms with Gasteiger partial charge in [0.25, 0.3) is 11.6 Å². The lowest BCUT2D eigenvalue weighted by Gasteiger charge is -2.08. The van der Waals surface area contributed by atoms with Crippen LogP contribution in [-0.2, 0) is 11.8 Å². The van der Waals surface area contributed by atoms with Crippen molar-refractivity contribution >= 4 is 17.4 Å². The lowest BCUT2D eigenvalue weighted by atomic mass is 10.3. The van der Waals surface area contributed by atoms with E-state index in [4.69, 9.17) is 4.74 Å². The van der Waals surface area contributed by atoms with Gasteiger partial charge < -0.3 is 10.1 Å². The van der Waals surface area contributed by atoms with Gasteiger partial charge >= 0.3 is 0 Å². The molecule has 0 saturated heterocycles. The fraction of sp³-hybridized carbons (Fsp3) is 0.231. The number of non-ortho nitro benzene ring substituents is 1. The number of hydrogen-bond donors (Lipinski definition) is 1. The largest absolute Gasteiger partial charge is 0.481 e. The van der Waals surface area contributed by atoms with Crippen molar-refractivity contribution in [3.05, 3.63) is 45.9 Å². The third-order valence-corrected chi connectivity index (χ3v) is 2.75. The summed E-state index contributed by atoms with van der Waals surface area (Å²) in [5.41, 5.74) is 0.347. The predicted molar refractivity (Wildman–Crippen MR) is 75.1 cm³/mol. The highest BCUT2D eigenvalue weighted by Gasteiger charge is 2.13. The van der Waals surface area contributed by atoms with Crippen LogP contribution in [-0.4, -0.2) is 27.2 Å². The Kier molecular flexibility index (Phi) is 4.35. The van der Waals surface area contributed by atoms with Gasteiger partial charge in [0, 0.05) is 19.2 Å². The summed E-state index contributed by atoms with van der Waals surface area (Å²) in [4.78, 5) is 21.5. The number of halogens is 1. The molecule has 0 spiro atoms. The molecule has 0 radical (unpaired) electrons. The van der Waals surface area contributed by atoms with Gasteiger partial charge in [-0.25, -0.2) is 4.39 Å². The summed E-state index contributed by atoms with van der Waals surface area (Å²) >= 11 is 0. The van der Waals surface area contributed by atoms with Crippen molar-refractivity contribution in [3.8, 4) is 5.75 Å². The van der Waals surface area contributed by atoms with Crippen molar-refractivity contribution in [3.63, 3.8) is 0 Å². The molecule has 0 aliphatic rings. The molecule has 22 heavy (non-hydrogen) atoms. The van der Waals surface area contributed by atoms with Crippen LogP contribution >= 0.6 is 0 Å². The first-order valence-electron chi connectivity index (χ1n) is 6.24. The van der Waals surface area contributed by atoms with E-state index >= 15 is 0 Å². The van der Waals surface area contributed by atoms with Gasteiger partial charge in [0.2, 0.25) is 0 Å². The first kappa shape index (κ1) is 15.4. The average molecular weight is 308 g/mol. The van der Waals surface area contributed by atoms with Crippen LogP contribution in [0.1, 0.15) is 5.69 Å². The molecule has 1 heterocycles. The Labute approximate surface area is 124 Å². The van der Waals surface area contributed by atoms with Crippen LogP contribution in [0.15, 0.2) is 24.3 Å². The second-order valence-electron chi connectivity index (χ2n) is 4.50. The number of hydrogen-bond acceptors (Lipinski definition) is 5. The fourth-order valence-corrected chi connectivity index (χ4v) is 1.77. The molecule has 0 unspecified atom stereocenters. The standard InChI is InChI=1S/C13H13FN4O4/c1-8-5-12(17(2)16-8)15-13(19)7-22-11-4-3-9(18(20)21)6-10(11)14/h3-6H,7H2,1-2H3,(H,15,19). The third-order valence-electron chi connectivity index (χ3n) is 2.75. The zero-order valence-electron chi connectivity index (χ0n) is 11.9. The van der Waals surface area contributed by atoms with E-state index in [1.165, 1.54) is 4.68 Å². The Balaban J connectivity index is 1.96. The molecular formula is C13H13FN4O4. The highest BCUT2D eigenvalue weighted by molar-refractivity contribution is 5.91. The van der Waals surface area contributed by atoms with Gasteiger partial charge in [-0.05, 0) is 13.0 Å². The summed E-state index contributed by atoms with van der Waals surface area (Å²) in [5, 5.41) is 17.1. The predicted octanol–water partition coefficient (Wildman–Crippen LogP) is 1.79. The Morgan fingerprint density at radius 3 is 2.77 bits per heavy atom. The van der Waals surface area contributed by atoms with Crippen molar-refractivity contribution in [1.82, 2.24) is 9.78 Å². The minimum atomic E-state index is -0.904. The molecule has 8 nitrogen and oxygen atoms in total. The number of anilines is 1. The Hall–Kier alpha value is -2.97. The van der Waals surface area contributed by atoms with E-state index in [1.54, 1.807) is 20.0 Å². The van der Waals surface area contributed by atoms with Gasteiger partial charge in [-0.2, -0.15) is 5.10 Å². The van der Waals surface area contributed by atoms with E-state index in [1.807, 2.05) is 0 Å². The molecule has 1 aromatic heterocycles. The smallest absolute Gasteiger partial charge is 0.272 e. The molecule has 0 bridgehead atoms. The summed E-state index contributed by atoms with van der Waals surface area (Å²) in [5.74, 6) is -1.16. The zero-order valence-corrected chi connectivity index (χ0v) is 11.9. The number of carbonyl (C=O) groups excluding carboxylic acids is 1. The van der Waals surface area contributed by atoms with Crippen LogP contribution in [0.3, 0.4) is 0 Å². The Morgan fingerprint density at radius 2 is 2.23 bits per heavy atom. The van der Waals surface area contributed by atoms with Crippen LogP contribution in [0.2, 0.25) is 0 Å². The number of rotatable bonds is 5. The highest BCUT2D eigenvalue weighted by Crippen LogP contribution is 2.22. The van der Waals surface area contributed by atoms with Crippen LogP contribution in [0.4, 0.5) is 15.9 Å². The highest BCUT2D eigenvalue weighted by atomic mass is 19.1. The molecule has 1 aromatic carbocycles. The molecule has 116 valence electrons. The van der Waals surface area contributed by atoms with Gasteiger partial charge in [-0.3, -0.25) is 19.6 Å². The second-order valence-corrected chi connectivity index (χ2v) is 4.50. The summed E-state index contributed by atoms with van der Waals surface area (Å²) in [6.45, 7) is 1.34. The number of nitrogens with one attached hydrogen (secondary N) is 1. The topological polar surface area (TPSA) is 99.3 Å². The molecule has 0 atom stereocenters. The second kappa shape index (κ2) is 6.20. The maximum absolute atomic E-state index is 13.6. The van der Waals surface area contributed by atoms with Crippen molar-refractivity contribution in [2.24, 2.45) is 7.05 Å². The number of amides is 1. The summed E-state index contributed by atoms with van der Waals surface area (Å²) in [7, 11) is 1.67. The lowest BCUT2D eigenvalue weighted by Crippen LogP contribution is -2.21. The van der Waals surface area contributed by atoms with Crippen LogP contribution in [0.25, 0.3) is 0 Å². The SMILES string of the molecule is Cc1cc(NC(=O)COc2ccc([N+](=O)[O-])cc2F)n(C)n1. The number of aromatic nitrogens is 2. The van der Waals surface area contributed by atoms with E-state index in [0.717, 1.165) is 23.9 Å². The summed E-state index contributed by atoms with van der Waals surface area (Å²) in [6, 6.07) is 4.61. The molecule has 0 saturated carbocycles. The van der Waals surface area contributed by atoms with Gasteiger partial charge in [0.1, 0.15) is 5.82 Å². The first-order valence-corrected chi connectivity index (χ1v) is 6.24. The van der Waals surface area contributed by atoms with E-state index in [9.17, 15) is 19.3 Å². The maximum Gasteiger partial charge on any atom is 0.272 e. The van der Waals surface area contributed by atoms with Gasteiger partial charge in [-0.1, -0.05) is 0 Å². The first-order chi connectivity index (χ1) is 10.4. The average Bonchev–Trinajstić information content (AvgIpc) is 2.75. The maximum atomic E-state index is 13.6. The molecule has 9 heteroatoms. The van der Waals surface area contributed by atoms with Gasteiger partial charge in [0.05, 0.1) is 16.7 Å². The molecule has 2 rings (SSSR count). The van der Waals surface area contributed by atoms with E-state index in [-0.39, 0.29) is 11.4 Å². The molecule has 0 aliphatic heterocycles. The van der Waals surface area contributed by atoms with E-state index in [2.05, 4.69) is 10.4 Å². The number of benzene rings is 1. The van der Waals surface area contributed by atoms with Crippen molar-refractivity contribution in [1.29, 1.82) is 0 Å². The lowest BCUT2D eigenvalue weighted by molar-refractivity contribution is -0.385. The van der Waals surface area contributed by atoms with Gasteiger partial charge in [-0.15, -0.1) is 0 Å². The van der Waals surface area contributed by atoms with Crippen molar-refractivity contribution in [2.75, 3.05) is 11.9 Å². The minimum Gasteiger partial charge on any atom is -0.481 e. The summed E-state index contributed by atoms with van der Waals surface area (Å²) < 4.78 is 20.1. The number of nitrogens with zero attached hydrogens (tertiary/aromatic N) is 3. The number of aryl methyl sites for hydroxylation is 2. The van der Waals surface area contributed by atoms with Crippen LogP contribution in [0, 0.1) is 22.9 Å². The number of nitro benzene ring substituents is 1. The van der Waals surface area contributed by atoms with Crippen LogP contribution in [0.5, 0.6) is 5.75 Å². The number of nitro groups is 1. The van der Waals surface area contributed by atoms with Crippen LogP contribution < -0.4 is 10.1 Å². The van der Waals surface area contributed by atoms with E-state index in [0.29, 0.717) is 5.82 Å². The Morgan fingerprint density at radius 1 is 1.50 bits per heavy atom. The molecule has 0 fully saturated rings. The monoisotopic (exact) mass is 308 g/mol. The zero-order chi connectivity index (χ0) is 16.3. The van der Waals surface area contributed by atoms with Crippen molar-refractivity contribution < 1.29 is 18.8 Å². The quantitative estimate of drug-likeness (QED) is 0.670. The van der Waals surface area contributed by atoms with Crippen molar-refractivity contribution in [2.45, 2.75) is 6.92 Å². The molecule has 1 N–H and O–H groups in total. The number of carbonyl (C=O) groups is 1. The fourth-order valence-electron chi connectivity index (χ4n) is 1.77. The number of ether oxygens (including phenoxy) is 1. The summed E-state index contributed by atoms with van der Waals surface area (Å²) in [6.07, 6.45) is 0. The minimum absolute atomic E-state index is 0.234. The molecule has 1 amide bonds. The normalized spacial score (nSPS) is 10.3. The third kappa shape index (κ3) is 3.57. The Bertz CT molecular complexity index is 729. The molecule has 2 aromatic rings. The van der Waals surface area contributed by atoms with Gasteiger partial charge in [0.15, 0.2) is 18.2 Å². The molecule has 0 aliphatic carbocycles.